The molecule has 29 heavy (non-hydrogen) atoms. The van der Waals surface area contributed by atoms with Crippen molar-refractivity contribution in [3.63, 3.8) is 0 Å². The second-order valence-electron chi connectivity index (χ2n) is 6.58. The lowest BCUT2D eigenvalue weighted by Crippen LogP contribution is -2.02. The minimum atomic E-state index is -3.31. The average molecular weight is 427 g/mol. The van der Waals surface area contributed by atoms with E-state index in [4.69, 9.17) is 11.6 Å². The topological polar surface area (TPSA) is 52.0 Å². The Kier molecular flexibility index (Phi) is 4.98. The van der Waals surface area contributed by atoms with Gasteiger partial charge in [0, 0.05) is 22.4 Å². The lowest BCUT2D eigenvalue weighted by molar-refractivity contribution is 0.602. The molecule has 4 nitrogen and oxygen atoms in total. The first-order valence-corrected chi connectivity index (χ1v) is 11.0. The highest BCUT2D eigenvalue weighted by Gasteiger charge is 2.16. The van der Waals surface area contributed by atoms with Gasteiger partial charge >= 0.3 is 0 Å². The van der Waals surface area contributed by atoms with Gasteiger partial charge in [-0.1, -0.05) is 35.9 Å². The first-order valence-electron chi connectivity index (χ1n) is 8.74. The zero-order chi connectivity index (χ0) is 20.6. The molecule has 0 aliphatic carbocycles. The van der Waals surface area contributed by atoms with E-state index in [9.17, 15) is 12.8 Å². The summed E-state index contributed by atoms with van der Waals surface area (Å²) in [4.78, 5) is 0.207. The third kappa shape index (κ3) is 3.95. The molecule has 4 aromatic rings. The van der Waals surface area contributed by atoms with E-state index in [1.54, 1.807) is 53.2 Å². The van der Waals surface area contributed by atoms with Crippen molar-refractivity contribution in [3.05, 3.63) is 89.7 Å². The van der Waals surface area contributed by atoms with Gasteiger partial charge in [-0.15, -0.1) is 0 Å². The van der Waals surface area contributed by atoms with Crippen LogP contribution >= 0.6 is 11.6 Å². The maximum Gasteiger partial charge on any atom is 0.175 e. The minimum Gasteiger partial charge on any atom is -0.232 e. The molecule has 0 amide bonds. The molecule has 1 heterocycles. The van der Waals surface area contributed by atoms with Crippen molar-refractivity contribution >= 4 is 21.4 Å². The Morgan fingerprint density at radius 2 is 1.59 bits per heavy atom. The summed E-state index contributed by atoms with van der Waals surface area (Å²) >= 11 is 5.98. The molecule has 0 N–H and O–H groups in total. The van der Waals surface area contributed by atoms with E-state index < -0.39 is 9.84 Å². The van der Waals surface area contributed by atoms with Crippen molar-refractivity contribution in [2.45, 2.75) is 4.90 Å². The Morgan fingerprint density at radius 3 is 2.21 bits per heavy atom. The van der Waals surface area contributed by atoms with Gasteiger partial charge in [-0.2, -0.15) is 5.10 Å². The van der Waals surface area contributed by atoms with Gasteiger partial charge < -0.3 is 0 Å². The first kappa shape index (κ1) is 19.4. The van der Waals surface area contributed by atoms with Gasteiger partial charge in [0.05, 0.1) is 22.0 Å². The van der Waals surface area contributed by atoms with Gasteiger partial charge in [0.2, 0.25) is 0 Å². The van der Waals surface area contributed by atoms with Crippen molar-refractivity contribution in [1.29, 1.82) is 0 Å². The van der Waals surface area contributed by atoms with Crippen LogP contribution in [0.1, 0.15) is 0 Å². The maximum atomic E-state index is 14.5. The zero-order valence-electron chi connectivity index (χ0n) is 15.4. The SMILES string of the molecule is CS(=O)(=O)c1ccc(-n2nc(-c3ccc(Cl)cc3)cc2-c2ccccc2F)cc1. The smallest absolute Gasteiger partial charge is 0.175 e. The number of benzene rings is 3. The molecule has 1 aromatic heterocycles. The predicted molar refractivity (Wildman–Crippen MR) is 113 cm³/mol. The normalized spacial score (nSPS) is 11.6. The van der Waals surface area contributed by atoms with Gasteiger partial charge in [0.15, 0.2) is 9.84 Å². The molecule has 0 bridgehead atoms. The van der Waals surface area contributed by atoms with E-state index in [2.05, 4.69) is 5.10 Å². The lowest BCUT2D eigenvalue weighted by Gasteiger charge is -2.09. The van der Waals surface area contributed by atoms with Gasteiger partial charge in [0.1, 0.15) is 5.82 Å². The second-order valence-corrected chi connectivity index (χ2v) is 9.03. The third-order valence-corrected chi connectivity index (χ3v) is 5.89. The number of sulfone groups is 1. The van der Waals surface area contributed by atoms with Crippen molar-refractivity contribution in [1.82, 2.24) is 9.78 Å². The summed E-state index contributed by atoms with van der Waals surface area (Å²) in [7, 11) is -3.31. The van der Waals surface area contributed by atoms with E-state index in [0.717, 1.165) is 11.8 Å². The Bertz CT molecular complexity index is 1280. The number of rotatable bonds is 4. The van der Waals surface area contributed by atoms with Crippen LogP contribution in [0.5, 0.6) is 0 Å². The molecule has 0 aliphatic rings. The van der Waals surface area contributed by atoms with Crippen LogP contribution in [0.15, 0.2) is 83.8 Å². The highest BCUT2D eigenvalue weighted by Crippen LogP contribution is 2.31. The molecule has 7 heteroatoms. The van der Waals surface area contributed by atoms with Crippen molar-refractivity contribution in [3.8, 4) is 28.2 Å². The number of nitrogens with zero attached hydrogens (tertiary/aromatic N) is 2. The molecule has 4 rings (SSSR count). The fourth-order valence-corrected chi connectivity index (χ4v) is 3.79. The summed E-state index contributed by atoms with van der Waals surface area (Å²) in [5.41, 5.74) is 3.05. The van der Waals surface area contributed by atoms with Crippen LogP contribution in [-0.2, 0) is 9.84 Å². The fourth-order valence-electron chi connectivity index (χ4n) is 3.03. The van der Waals surface area contributed by atoms with Crippen molar-refractivity contribution < 1.29 is 12.8 Å². The molecular formula is C22H16ClFN2O2S. The monoisotopic (exact) mass is 426 g/mol. The summed E-state index contributed by atoms with van der Waals surface area (Å²) in [5, 5.41) is 5.26. The van der Waals surface area contributed by atoms with Crippen molar-refractivity contribution in [2.75, 3.05) is 6.26 Å². The summed E-state index contributed by atoms with van der Waals surface area (Å²) in [6.07, 6.45) is 1.15. The van der Waals surface area contributed by atoms with E-state index in [1.165, 1.54) is 18.2 Å². The highest BCUT2D eigenvalue weighted by atomic mass is 35.5. The first-order chi connectivity index (χ1) is 13.8. The molecule has 0 aliphatic heterocycles. The molecule has 0 unspecified atom stereocenters. The number of halogens is 2. The largest absolute Gasteiger partial charge is 0.232 e. The number of aromatic nitrogens is 2. The van der Waals surface area contributed by atoms with Gasteiger partial charge in [-0.3, -0.25) is 0 Å². The molecule has 146 valence electrons. The van der Waals surface area contributed by atoms with Gasteiger partial charge in [-0.25, -0.2) is 17.5 Å². The van der Waals surface area contributed by atoms with Crippen LogP contribution in [0.25, 0.3) is 28.2 Å². The Morgan fingerprint density at radius 1 is 0.931 bits per heavy atom. The van der Waals surface area contributed by atoms with Gasteiger partial charge in [-0.05, 0) is 54.6 Å². The summed E-state index contributed by atoms with van der Waals surface area (Å²) in [6.45, 7) is 0. The molecule has 0 radical (unpaired) electrons. The van der Waals surface area contributed by atoms with E-state index >= 15 is 0 Å². The number of hydrogen-bond donors (Lipinski definition) is 0. The van der Waals surface area contributed by atoms with Crippen LogP contribution in [0.2, 0.25) is 5.02 Å². The third-order valence-electron chi connectivity index (χ3n) is 4.51. The molecule has 3 aromatic carbocycles. The van der Waals surface area contributed by atoms with Crippen LogP contribution in [0.4, 0.5) is 4.39 Å². The second kappa shape index (κ2) is 7.46. The summed E-state index contributed by atoms with van der Waals surface area (Å²) < 4.78 is 39.6. The maximum absolute atomic E-state index is 14.5. The molecule has 0 saturated heterocycles. The molecular weight excluding hydrogens is 411 g/mol. The molecule has 0 spiro atoms. The van der Waals surface area contributed by atoms with Crippen LogP contribution < -0.4 is 0 Å². The average Bonchev–Trinajstić information content (AvgIpc) is 3.13. The Hall–Kier alpha value is -2.96. The molecule has 0 atom stereocenters. The summed E-state index contributed by atoms with van der Waals surface area (Å²) in [6, 6.07) is 21.8. The predicted octanol–water partition coefficient (Wildman–Crippen LogP) is 5.40. The molecule has 0 fully saturated rings. The molecule has 0 saturated carbocycles. The lowest BCUT2D eigenvalue weighted by atomic mass is 10.1. The fraction of sp³-hybridized carbons (Fsp3) is 0.0455. The van der Waals surface area contributed by atoms with E-state index in [0.29, 0.717) is 27.7 Å². The van der Waals surface area contributed by atoms with Crippen LogP contribution in [-0.4, -0.2) is 24.5 Å². The highest BCUT2D eigenvalue weighted by molar-refractivity contribution is 7.90. The standard InChI is InChI=1S/C22H16ClFN2O2S/c1-29(27,28)18-12-10-17(11-13-18)26-22(19-4-2-3-5-20(19)24)14-21(25-26)15-6-8-16(23)9-7-15/h2-14H,1H3. The quantitative estimate of drug-likeness (QED) is 0.439. The van der Waals surface area contributed by atoms with Crippen LogP contribution in [0, 0.1) is 5.82 Å². The Balaban J connectivity index is 1.89. The zero-order valence-corrected chi connectivity index (χ0v) is 17.0. The Labute approximate surface area is 173 Å². The van der Waals surface area contributed by atoms with Gasteiger partial charge in [0.25, 0.3) is 0 Å². The van der Waals surface area contributed by atoms with Crippen LogP contribution in [0.3, 0.4) is 0 Å². The number of hydrogen-bond acceptors (Lipinski definition) is 3. The van der Waals surface area contributed by atoms with Crippen molar-refractivity contribution in [2.24, 2.45) is 0 Å². The van der Waals surface area contributed by atoms with E-state index in [1.807, 2.05) is 12.1 Å². The summed E-state index contributed by atoms with van der Waals surface area (Å²) in [5.74, 6) is -0.371. The van der Waals surface area contributed by atoms with E-state index in [-0.39, 0.29) is 10.7 Å². The minimum absolute atomic E-state index is 0.207.